The molecule has 0 aliphatic carbocycles. The first-order chi connectivity index (χ1) is 14.9. The predicted molar refractivity (Wildman–Crippen MR) is 117 cm³/mol. The van der Waals surface area contributed by atoms with Gasteiger partial charge in [-0.1, -0.05) is 18.2 Å². The van der Waals surface area contributed by atoms with Gasteiger partial charge in [0.05, 0.1) is 16.5 Å². The van der Waals surface area contributed by atoms with Gasteiger partial charge < -0.3 is 9.72 Å². The van der Waals surface area contributed by atoms with Crippen molar-refractivity contribution in [3.63, 3.8) is 0 Å². The number of para-hydroxylation sites is 1. The number of nitrogens with one attached hydrogen (secondary N) is 1. The summed E-state index contributed by atoms with van der Waals surface area (Å²) in [4.78, 5) is 46.1. The van der Waals surface area contributed by atoms with Crippen molar-refractivity contribution in [2.75, 3.05) is 0 Å². The molecule has 1 atom stereocenters. The number of aromatic amines is 1. The Morgan fingerprint density at radius 2 is 1.97 bits per heavy atom. The van der Waals surface area contributed by atoms with Crippen LogP contribution in [0.25, 0.3) is 21.8 Å². The third-order valence-electron chi connectivity index (χ3n) is 5.85. The summed E-state index contributed by atoms with van der Waals surface area (Å²) in [5.74, 6) is -0.151. The van der Waals surface area contributed by atoms with E-state index in [1.54, 1.807) is 29.7 Å². The van der Waals surface area contributed by atoms with Crippen molar-refractivity contribution in [3.05, 3.63) is 75.5 Å². The smallest absolute Gasteiger partial charge is 0.338 e. The van der Waals surface area contributed by atoms with Crippen molar-refractivity contribution >= 4 is 33.6 Å². The van der Waals surface area contributed by atoms with Gasteiger partial charge in [0.1, 0.15) is 5.82 Å². The number of aromatic nitrogens is 3. The monoisotopic (exact) mass is 415 g/mol. The van der Waals surface area contributed by atoms with Crippen molar-refractivity contribution < 1.29 is 14.3 Å². The number of esters is 1. The second kappa shape index (κ2) is 7.19. The van der Waals surface area contributed by atoms with Crippen molar-refractivity contribution in [1.82, 2.24) is 14.5 Å². The minimum Gasteiger partial charge on any atom is -0.451 e. The number of hydrogen-bond donors (Lipinski definition) is 1. The van der Waals surface area contributed by atoms with Crippen LogP contribution >= 0.6 is 0 Å². The minimum atomic E-state index is -0.959. The highest BCUT2D eigenvalue weighted by Crippen LogP contribution is 2.24. The van der Waals surface area contributed by atoms with E-state index in [-0.39, 0.29) is 16.9 Å². The van der Waals surface area contributed by atoms with Crippen LogP contribution in [0.15, 0.2) is 47.3 Å². The first-order valence-corrected chi connectivity index (χ1v) is 10.3. The van der Waals surface area contributed by atoms with Crippen LogP contribution in [0.4, 0.5) is 0 Å². The number of ether oxygens (including phenoxy) is 1. The molecule has 1 N–H and O–H groups in total. The number of hydrogen-bond acceptors (Lipinski definition) is 5. The molecule has 1 aliphatic heterocycles. The second-order valence-electron chi connectivity index (χ2n) is 7.90. The number of aryl methyl sites for hydroxylation is 2. The highest BCUT2D eigenvalue weighted by molar-refractivity contribution is 6.11. The van der Waals surface area contributed by atoms with Crippen molar-refractivity contribution in [2.45, 2.75) is 39.3 Å². The van der Waals surface area contributed by atoms with Gasteiger partial charge in [0.15, 0.2) is 6.10 Å². The van der Waals surface area contributed by atoms with Gasteiger partial charge in [-0.05, 0) is 44.5 Å². The predicted octanol–water partition coefficient (Wildman–Crippen LogP) is 3.56. The molecule has 0 bridgehead atoms. The molecule has 0 unspecified atom stereocenters. The lowest BCUT2D eigenvalue weighted by Crippen LogP contribution is -2.25. The summed E-state index contributed by atoms with van der Waals surface area (Å²) in [5.41, 5.74) is 2.77. The van der Waals surface area contributed by atoms with Gasteiger partial charge >= 0.3 is 5.97 Å². The lowest BCUT2D eigenvalue weighted by molar-refractivity contribution is 0.0319. The molecular weight excluding hydrogens is 394 g/mol. The van der Waals surface area contributed by atoms with Crippen LogP contribution in [0.5, 0.6) is 0 Å². The van der Waals surface area contributed by atoms with Gasteiger partial charge in [0.2, 0.25) is 5.78 Å². The highest BCUT2D eigenvalue weighted by Gasteiger charge is 2.25. The molecule has 7 heteroatoms. The summed E-state index contributed by atoms with van der Waals surface area (Å²) in [7, 11) is 0. The van der Waals surface area contributed by atoms with Crippen molar-refractivity contribution in [2.24, 2.45) is 0 Å². The number of carbonyl (C=O) groups is 2. The Hall–Kier alpha value is -3.74. The van der Waals surface area contributed by atoms with Crippen LogP contribution in [-0.2, 0) is 17.7 Å². The zero-order valence-corrected chi connectivity index (χ0v) is 17.3. The molecule has 4 aromatic rings. The van der Waals surface area contributed by atoms with E-state index in [0.717, 1.165) is 35.3 Å². The Balaban J connectivity index is 1.42. The fraction of sp³-hybridized carbons (Fsp3) is 0.250. The number of benzene rings is 2. The van der Waals surface area contributed by atoms with E-state index in [1.807, 2.05) is 31.2 Å². The lowest BCUT2D eigenvalue weighted by Gasteiger charge is -2.13. The molecule has 0 saturated heterocycles. The Morgan fingerprint density at radius 1 is 1.16 bits per heavy atom. The number of fused-ring (bicyclic) bond motifs is 3. The zero-order valence-electron chi connectivity index (χ0n) is 17.3. The van der Waals surface area contributed by atoms with Gasteiger partial charge in [-0.25, -0.2) is 9.78 Å². The zero-order chi connectivity index (χ0) is 21.7. The Kier molecular flexibility index (Phi) is 4.46. The molecule has 3 heterocycles. The molecule has 0 spiro atoms. The summed E-state index contributed by atoms with van der Waals surface area (Å²) in [6.45, 7) is 4.07. The van der Waals surface area contributed by atoms with Gasteiger partial charge in [-0.3, -0.25) is 14.2 Å². The minimum absolute atomic E-state index is 0.0872. The fourth-order valence-corrected chi connectivity index (χ4v) is 4.29. The van der Waals surface area contributed by atoms with E-state index in [9.17, 15) is 14.4 Å². The van der Waals surface area contributed by atoms with Gasteiger partial charge in [0, 0.05) is 35.1 Å². The number of Topliss-reactive ketones (excluding diaryl/α,β-unsaturated/α-hetero) is 1. The number of carbonyl (C=O) groups excluding carboxylic acids is 2. The van der Waals surface area contributed by atoms with E-state index in [2.05, 4.69) is 9.97 Å². The van der Waals surface area contributed by atoms with Gasteiger partial charge in [0.25, 0.3) is 5.56 Å². The van der Waals surface area contributed by atoms with Crippen LogP contribution in [0.2, 0.25) is 0 Å². The van der Waals surface area contributed by atoms with Crippen LogP contribution < -0.4 is 5.56 Å². The maximum atomic E-state index is 13.0. The van der Waals surface area contributed by atoms with E-state index in [0.29, 0.717) is 23.0 Å². The number of rotatable bonds is 4. The summed E-state index contributed by atoms with van der Waals surface area (Å²) >= 11 is 0. The van der Waals surface area contributed by atoms with Crippen molar-refractivity contribution in [1.29, 1.82) is 0 Å². The molecule has 0 amide bonds. The summed E-state index contributed by atoms with van der Waals surface area (Å²) < 4.78 is 7.17. The SMILES string of the molecule is Cc1[nH]c2ccccc2c1C(=O)[C@@H](C)OC(=O)c1ccc2c(=O)n3c(nc2c1)CCC3. The maximum Gasteiger partial charge on any atom is 0.338 e. The standard InChI is InChI=1S/C24H21N3O4/c1-13-21(16-6-3-4-7-18(16)25-13)22(28)14(2)31-24(30)15-9-10-17-19(12-15)26-20-8-5-11-27(20)23(17)29/h3-4,6-7,9-10,12,14,25H,5,8,11H2,1-2H3/t14-/m1/s1. The normalized spacial score (nSPS) is 14.0. The van der Waals surface area contributed by atoms with E-state index < -0.39 is 12.1 Å². The number of nitrogens with zero attached hydrogens (tertiary/aromatic N) is 2. The quantitative estimate of drug-likeness (QED) is 0.406. The van der Waals surface area contributed by atoms with E-state index >= 15 is 0 Å². The molecule has 0 fully saturated rings. The maximum absolute atomic E-state index is 13.0. The van der Waals surface area contributed by atoms with Crippen molar-refractivity contribution in [3.8, 4) is 0 Å². The Labute approximate surface area is 177 Å². The van der Waals surface area contributed by atoms with Crippen LogP contribution in [-0.4, -0.2) is 32.4 Å². The highest BCUT2D eigenvalue weighted by atomic mass is 16.5. The third-order valence-corrected chi connectivity index (χ3v) is 5.85. The average molecular weight is 415 g/mol. The Bertz CT molecular complexity index is 1430. The van der Waals surface area contributed by atoms with Gasteiger partial charge in [-0.15, -0.1) is 0 Å². The van der Waals surface area contributed by atoms with E-state index in [1.165, 1.54) is 0 Å². The fourth-order valence-electron chi connectivity index (χ4n) is 4.29. The van der Waals surface area contributed by atoms with Crippen LogP contribution in [0.1, 0.15) is 45.6 Å². The third kappa shape index (κ3) is 3.13. The molecule has 0 saturated carbocycles. The molecule has 2 aromatic heterocycles. The molecule has 1 aliphatic rings. The Morgan fingerprint density at radius 3 is 2.81 bits per heavy atom. The second-order valence-corrected chi connectivity index (χ2v) is 7.90. The molecule has 7 nitrogen and oxygen atoms in total. The van der Waals surface area contributed by atoms with Crippen LogP contribution in [0.3, 0.4) is 0 Å². The summed E-state index contributed by atoms with van der Waals surface area (Å²) in [6, 6.07) is 12.2. The molecule has 2 aromatic carbocycles. The summed E-state index contributed by atoms with van der Waals surface area (Å²) in [5, 5.41) is 1.28. The molecule has 0 radical (unpaired) electrons. The molecular formula is C24H21N3O4. The number of H-pyrrole nitrogens is 1. The number of ketones is 1. The van der Waals surface area contributed by atoms with E-state index in [4.69, 9.17) is 4.74 Å². The lowest BCUT2D eigenvalue weighted by atomic mass is 10.0. The van der Waals surface area contributed by atoms with Crippen LogP contribution in [0, 0.1) is 6.92 Å². The van der Waals surface area contributed by atoms with Gasteiger partial charge in [-0.2, -0.15) is 0 Å². The molecule has 31 heavy (non-hydrogen) atoms. The largest absolute Gasteiger partial charge is 0.451 e. The summed E-state index contributed by atoms with van der Waals surface area (Å²) in [6.07, 6.45) is 0.676. The molecule has 156 valence electrons. The average Bonchev–Trinajstić information content (AvgIpc) is 3.36. The molecule has 5 rings (SSSR count). The first kappa shape index (κ1) is 19.2. The first-order valence-electron chi connectivity index (χ1n) is 10.3. The topological polar surface area (TPSA) is 94.0 Å².